The van der Waals surface area contributed by atoms with Crippen LogP contribution in [-0.2, 0) is 0 Å². The van der Waals surface area contributed by atoms with Gasteiger partial charge in [0.1, 0.15) is 0 Å². The average molecular weight is 207 g/mol. The Morgan fingerprint density at radius 2 is 2.14 bits per heavy atom. The van der Waals surface area contributed by atoms with E-state index in [1.54, 1.807) is 0 Å². The summed E-state index contributed by atoms with van der Waals surface area (Å²) < 4.78 is 0. The van der Waals surface area contributed by atoms with Gasteiger partial charge in [-0.25, -0.2) is 0 Å². The lowest BCUT2D eigenvalue weighted by molar-refractivity contribution is 0.828. The number of hydrogen-bond donors (Lipinski definition) is 0. The lowest BCUT2D eigenvalue weighted by Crippen LogP contribution is -1.82. The highest BCUT2D eigenvalue weighted by molar-refractivity contribution is 6.31. The van der Waals surface area contributed by atoms with E-state index in [2.05, 4.69) is 18.8 Å². The summed E-state index contributed by atoms with van der Waals surface area (Å²) in [7, 11) is 0. The maximum Gasteiger partial charge on any atom is 0.0447 e. The first-order valence-corrected chi connectivity index (χ1v) is 5.37. The molecule has 0 fully saturated rings. The second kappa shape index (κ2) is 5.73. The molecule has 0 nitrogen and oxygen atoms in total. The molecule has 0 N–H and O–H groups in total. The largest absolute Gasteiger partial charge is 0.0979 e. The summed E-state index contributed by atoms with van der Waals surface area (Å²) in [5, 5.41) is 0.798. The summed E-state index contributed by atoms with van der Waals surface area (Å²) in [5.41, 5.74) is 2.13. The Labute approximate surface area is 91.3 Å². The molecule has 1 aromatic rings. The molecule has 74 valence electrons. The first kappa shape index (κ1) is 11.1. The van der Waals surface area contributed by atoms with Crippen LogP contribution in [0.5, 0.6) is 0 Å². The van der Waals surface area contributed by atoms with Gasteiger partial charge in [0, 0.05) is 17.0 Å². The van der Waals surface area contributed by atoms with Crippen molar-refractivity contribution in [2.24, 2.45) is 0 Å². The zero-order chi connectivity index (χ0) is 10.4. The minimum atomic E-state index is 0.798. The number of halogens is 1. The van der Waals surface area contributed by atoms with Gasteiger partial charge >= 0.3 is 0 Å². The van der Waals surface area contributed by atoms with E-state index < -0.39 is 0 Å². The molecule has 0 unspecified atom stereocenters. The van der Waals surface area contributed by atoms with Crippen LogP contribution in [-0.4, -0.2) is 0 Å². The van der Waals surface area contributed by atoms with E-state index in [-0.39, 0.29) is 0 Å². The molecule has 1 heteroatoms. The molecule has 0 radical (unpaired) electrons. The number of rotatable bonds is 2. The SMILES string of the molecule is CCCCC#Cc1cccc(Cl)c1C. The van der Waals surface area contributed by atoms with Crippen LogP contribution >= 0.6 is 11.6 Å². The lowest BCUT2D eigenvalue weighted by atomic mass is 10.1. The molecular weight excluding hydrogens is 192 g/mol. The summed E-state index contributed by atoms with van der Waals surface area (Å²) in [6.45, 7) is 4.18. The van der Waals surface area contributed by atoms with E-state index in [9.17, 15) is 0 Å². The van der Waals surface area contributed by atoms with Gasteiger partial charge in [-0.15, -0.1) is 0 Å². The predicted molar refractivity (Wildman–Crippen MR) is 62.6 cm³/mol. The summed E-state index contributed by atoms with van der Waals surface area (Å²) in [4.78, 5) is 0. The third-order valence-electron chi connectivity index (χ3n) is 2.15. The number of benzene rings is 1. The standard InChI is InChI=1S/C13H15Cl/c1-3-4-5-6-8-12-9-7-10-13(14)11(12)2/h7,9-10H,3-5H2,1-2H3. The Morgan fingerprint density at radius 1 is 1.36 bits per heavy atom. The van der Waals surface area contributed by atoms with Crippen LogP contribution in [0.15, 0.2) is 18.2 Å². The molecule has 0 heterocycles. The fourth-order valence-electron chi connectivity index (χ4n) is 1.17. The summed E-state index contributed by atoms with van der Waals surface area (Å²) in [5.74, 6) is 6.32. The Bertz CT molecular complexity index is 355. The van der Waals surface area contributed by atoms with Crippen LogP contribution in [0.3, 0.4) is 0 Å². The smallest absolute Gasteiger partial charge is 0.0447 e. The van der Waals surface area contributed by atoms with Crippen LogP contribution < -0.4 is 0 Å². The molecule has 0 atom stereocenters. The number of hydrogen-bond acceptors (Lipinski definition) is 0. The van der Waals surface area contributed by atoms with Crippen LogP contribution in [0.25, 0.3) is 0 Å². The molecule has 0 saturated carbocycles. The first-order chi connectivity index (χ1) is 6.75. The quantitative estimate of drug-likeness (QED) is 0.503. The third kappa shape index (κ3) is 3.09. The van der Waals surface area contributed by atoms with Gasteiger partial charge in [0.05, 0.1) is 0 Å². The predicted octanol–water partition coefficient (Wildman–Crippen LogP) is 4.19. The molecule has 0 aliphatic rings. The molecule has 1 rings (SSSR count). The van der Waals surface area contributed by atoms with Crippen LogP contribution in [0.4, 0.5) is 0 Å². The highest BCUT2D eigenvalue weighted by Crippen LogP contribution is 2.17. The van der Waals surface area contributed by atoms with Gasteiger partial charge in [0.2, 0.25) is 0 Å². The van der Waals surface area contributed by atoms with E-state index in [0.29, 0.717) is 0 Å². The summed E-state index contributed by atoms with van der Waals surface area (Å²) >= 11 is 5.99. The van der Waals surface area contributed by atoms with Crippen molar-refractivity contribution in [3.05, 3.63) is 34.3 Å². The second-order valence-corrected chi connectivity index (χ2v) is 3.72. The fourth-order valence-corrected chi connectivity index (χ4v) is 1.34. The van der Waals surface area contributed by atoms with Crippen LogP contribution in [0.1, 0.15) is 37.3 Å². The molecule has 0 aliphatic carbocycles. The Balaban J connectivity index is 2.74. The van der Waals surface area contributed by atoms with Gasteiger partial charge in [-0.2, -0.15) is 0 Å². The van der Waals surface area contributed by atoms with E-state index >= 15 is 0 Å². The molecule has 0 bridgehead atoms. The molecular formula is C13H15Cl. The molecule has 1 aromatic carbocycles. The topological polar surface area (TPSA) is 0 Å². The summed E-state index contributed by atoms with van der Waals surface area (Å²) in [6, 6.07) is 5.85. The van der Waals surface area contributed by atoms with Crippen molar-refractivity contribution in [3.8, 4) is 11.8 Å². The highest BCUT2D eigenvalue weighted by atomic mass is 35.5. The highest BCUT2D eigenvalue weighted by Gasteiger charge is 1.97. The van der Waals surface area contributed by atoms with Gasteiger partial charge in [-0.1, -0.05) is 42.9 Å². The van der Waals surface area contributed by atoms with Crippen LogP contribution in [0.2, 0.25) is 5.02 Å². The average Bonchev–Trinajstić information content (AvgIpc) is 2.19. The fraction of sp³-hybridized carbons (Fsp3) is 0.385. The molecule has 0 saturated heterocycles. The van der Waals surface area contributed by atoms with Gasteiger partial charge in [-0.3, -0.25) is 0 Å². The minimum absolute atomic E-state index is 0.798. The van der Waals surface area contributed by atoms with Gasteiger partial charge in [0.25, 0.3) is 0 Å². The summed E-state index contributed by atoms with van der Waals surface area (Å²) in [6.07, 6.45) is 3.35. The zero-order valence-corrected chi connectivity index (χ0v) is 9.49. The second-order valence-electron chi connectivity index (χ2n) is 3.32. The van der Waals surface area contributed by atoms with E-state index in [1.165, 1.54) is 12.8 Å². The van der Waals surface area contributed by atoms with E-state index in [1.807, 2.05) is 25.1 Å². The van der Waals surface area contributed by atoms with Crippen molar-refractivity contribution in [2.45, 2.75) is 33.1 Å². The Morgan fingerprint density at radius 3 is 2.86 bits per heavy atom. The van der Waals surface area contributed by atoms with Gasteiger partial charge in [-0.05, 0) is 31.0 Å². The minimum Gasteiger partial charge on any atom is -0.0979 e. The van der Waals surface area contributed by atoms with E-state index in [4.69, 9.17) is 11.6 Å². The number of unbranched alkanes of at least 4 members (excludes halogenated alkanes) is 2. The van der Waals surface area contributed by atoms with Crippen molar-refractivity contribution in [2.75, 3.05) is 0 Å². The Kier molecular flexibility index (Phi) is 4.56. The van der Waals surface area contributed by atoms with Crippen molar-refractivity contribution in [1.29, 1.82) is 0 Å². The van der Waals surface area contributed by atoms with Crippen molar-refractivity contribution < 1.29 is 0 Å². The molecule has 0 aromatic heterocycles. The van der Waals surface area contributed by atoms with Gasteiger partial charge < -0.3 is 0 Å². The van der Waals surface area contributed by atoms with Crippen molar-refractivity contribution >= 4 is 11.6 Å². The maximum atomic E-state index is 5.99. The van der Waals surface area contributed by atoms with Crippen molar-refractivity contribution in [3.63, 3.8) is 0 Å². The monoisotopic (exact) mass is 206 g/mol. The third-order valence-corrected chi connectivity index (χ3v) is 2.56. The maximum absolute atomic E-state index is 5.99. The van der Waals surface area contributed by atoms with Crippen LogP contribution in [0, 0.1) is 18.8 Å². The molecule has 14 heavy (non-hydrogen) atoms. The molecule has 0 aliphatic heterocycles. The van der Waals surface area contributed by atoms with Gasteiger partial charge in [0.15, 0.2) is 0 Å². The molecule has 0 spiro atoms. The first-order valence-electron chi connectivity index (χ1n) is 4.99. The van der Waals surface area contributed by atoms with Crippen molar-refractivity contribution in [1.82, 2.24) is 0 Å². The Hall–Kier alpha value is -0.930. The normalized spacial score (nSPS) is 9.36. The zero-order valence-electron chi connectivity index (χ0n) is 8.73. The van der Waals surface area contributed by atoms with E-state index in [0.717, 1.165) is 22.6 Å². The molecule has 0 amide bonds. The lowest BCUT2D eigenvalue weighted by Gasteiger charge is -1.99.